The Morgan fingerprint density at radius 3 is 3.00 bits per heavy atom. The molecule has 0 aliphatic carbocycles. The molecule has 1 fully saturated rings. The second-order valence-electron chi connectivity index (χ2n) is 5.21. The van der Waals surface area contributed by atoms with Crippen molar-refractivity contribution in [1.82, 2.24) is 14.9 Å². The summed E-state index contributed by atoms with van der Waals surface area (Å²) in [5.74, 6) is 0.149. The van der Waals surface area contributed by atoms with Gasteiger partial charge in [0, 0.05) is 37.5 Å². The lowest BCUT2D eigenvalue weighted by atomic mass is 10.1. The van der Waals surface area contributed by atoms with Crippen LogP contribution in [0.2, 0.25) is 0 Å². The molecule has 0 unspecified atom stereocenters. The van der Waals surface area contributed by atoms with Crippen LogP contribution in [0.5, 0.6) is 0 Å². The summed E-state index contributed by atoms with van der Waals surface area (Å²) in [5.41, 5.74) is 3.34. The van der Waals surface area contributed by atoms with Gasteiger partial charge in [-0.05, 0) is 31.7 Å². The normalized spacial score (nSPS) is 23.0. The molecule has 0 bridgehead atoms. The Morgan fingerprint density at radius 1 is 1.37 bits per heavy atom. The Balaban J connectivity index is 1.72. The van der Waals surface area contributed by atoms with Crippen molar-refractivity contribution in [3.8, 4) is 0 Å². The lowest BCUT2D eigenvalue weighted by Gasteiger charge is -2.23. The van der Waals surface area contributed by atoms with Crippen molar-refractivity contribution in [1.29, 1.82) is 0 Å². The smallest absolute Gasteiger partial charge is 0.251 e. The number of hydrogen-bond donors (Lipinski definition) is 0. The summed E-state index contributed by atoms with van der Waals surface area (Å²) in [6, 6.07) is 0. The molecule has 1 atom stereocenters. The molecular formula is C14H19N3O2. The first kappa shape index (κ1) is 12.5. The third-order valence-corrected chi connectivity index (χ3v) is 4.02. The van der Waals surface area contributed by atoms with Crippen molar-refractivity contribution in [2.24, 2.45) is 0 Å². The average Bonchev–Trinajstić information content (AvgIpc) is 2.85. The zero-order valence-corrected chi connectivity index (χ0v) is 11.3. The maximum absolute atomic E-state index is 12.4. The summed E-state index contributed by atoms with van der Waals surface area (Å²) in [5, 5.41) is 0. The van der Waals surface area contributed by atoms with Gasteiger partial charge in [-0.25, -0.2) is 9.97 Å². The van der Waals surface area contributed by atoms with Crippen molar-refractivity contribution in [2.75, 3.05) is 19.7 Å². The minimum atomic E-state index is -0.214. The molecule has 2 aliphatic rings. The topological polar surface area (TPSA) is 55.3 Å². The van der Waals surface area contributed by atoms with Crippen molar-refractivity contribution < 1.29 is 9.53 Å². The molecule has 5 nitrogen and oxygen atoms in total. The van der Waals surface area contributed by atoms with Gasteiger partial charge < -0.3 is 9.64 Å². The maximum Gasteiger partial charge on any atom is 0.251 e. The van der Waals surface area contributed by atoms with Crippen molar-refractivity contribution >= 4 is 5.91 Å². The van der Waals surface area contributed by atoms with E-state index in [1.807, 2.05) is 11.8 Å². The van der Waals surface area contributed by atoms with Crippen LogP contribution >= 0.6 is 0 Å². The summed E-state index contributed by atoms with van der Waals surface area (Å²) in [6.07, 6.45) is 4.92. The fourth-order valence-electron chi connectivity index (χ4n) is 2.89. The van der Waals surface area contributed by atoms with Crippen molar-refractivity contribution in [3.05, 3.63) is 23.3 Å². The lowest BCUT2D eigenvalue weighted by Crippen LogP contribution is -2.40. The predicted octanol–water partition coefficient (Wildman–Crippen LogP) is 0.891. The number of fused-ring (bicyclic) bond motifs is 1. The Hall–Kier alpha value is -1.49. The van der Waals surface area contributed by atoms with Gasteiger partial charge in [0.2, 0.25) is 0 Å². The number of rotatable bonds is 1. The van der Waals surface area contributed by atoms with Gasteiger partial charge in [-0.15, -0.1) is 0 Å². The van der Waals surface area contributed by atoms with Gasteiger partial charge in [-0.3, -0.25) is 4.79 Å². The highest BCUT2D eigenvalue weighted by Crippen LogP contribution is 2.19. The van der Waals surface area contributed by atoms with Crippen LogP contribution in [-0.2, 0) is 22.4 Å². The number of hydrogen-bond acceptors (Lipinski definition) is 4. The van der Waals surface area contributed by atoms with Gasteiger partial charge >= 0.3 is 0 Å². The molecule has 1 saturated heterocycles. The molecule has 1 aromatic rings. The molecule has 0 aromatic carbocycles. The van der Waals surface area contributed by atoms with E-state index in [-0.39, 0.29) is 12.0 Å². The van der Waals surface area contributed by atoms with Crippen molar-refractivity contribution in [2.45, 2.75) is 38.7 Å². The minimum Gasteiger partial charge on any atom is -0.368 e. The number of carbonyl (C=O) groups excluding carboxylic acids is 1. The lowest BCUT2D eigenvalue weighted by molar-refractivity contribution is -0.140. The first-order chi connectivity index (χ1) is 9.25. The minimum absolute atomic E-state index is 0.149. The first-order valence-electron chi connectivity index (χ1n) is 6.95. The summed E-state index contributed by atoms with van der Waals surface area (Å²) < 4.78 is 5.49. The van der Waals surface area contributed by atoms with Gasteiger partial charge in [0.05, 0.1) is 0 Å². The van der Waals surface area contributed by atoms with Crippen LogP contribution in [0.1, 0.15) is 29.8 Å². The molecule has 3 heterocycles. The summed E-state index contributed by atoms with van der Waals surface area (Å²) in [6.45, 7) is 4.22. The summed E-state index contributed by atoms with van der Waals surface area (Å²) >= 11 is 0. The monoisotopic (exact) mass is 261 g/mol. The highest BCUT2D eigenvalue weighted by atomic mass is 16.5. The fourth-order valence-corrected chi connectivity index (χ4v) is 2.89. The van der Waals surface area contributed by atoms with Crippen LogP contribution in [0.15, 0.2) is 6.33 Å². The average molecular weight is 261 g/mol. The zero-order chi connectivity index (χ0) is 13.2. The van der Waals surface area contributed by atoms with Crippen LogP contribution in [-0.4, -0.2) is 46.6 Å². The molecule has 102 valence electrons. The van der Waals surface area contributed by atoms with E-state index in [0.717, 1.165) is 56.8 Å². The Kier molecular flexibility index (Phi) is 3.46. The van der Waals surface area contributed by atoms with Gasteiger partial charge in [-0.1, -0.05) is 0 Å². The zero-order valence-electron chi connectivity index (χ0n) is 11.3. The quantitative estimate of drug-likeness (QED) is 0.753. The predicted molar refractivity (Wildman–Crippen MR) is 69.7 cm³/mol. The molecule has 1 amide bonds. The standard InChI is InChI=1S/C14H19N3O2/c1-10-11-4-6-17(7-5-12(11)16-9-15-10)14(18)13-3-2-8-19-13/h9,13H,2-8H2,1H3/t13-/m0/s1. The highest BCUT2D eigenvalue weighted by molar-refractivity contribution is 5.81. The number of nitrogens with zero attached hydrogens (tertiary/aromatic N) is 3. The summed E-state index contributed by atoms with van der Waals surface area (Å²) in [7, 11) is 0. The fraction of sp³-hybridized carbons (Fsp3) is 0.643. The molecule has 0 radical (unpaired) electrons. The molecule has 1 aromatic heterocycles. The largest absolute Gasteiger partial charge is 0.368 e. The third-order valence-electron chi connectivity index (χ3n) is 4.02. The number of carbonyl (C=O) groups is 1. The molecule has 0 N–H and O–H groups in total. The summed E-state index contributed by atoms with van der Waals surface area (Å²) in [4.78, 5) is 22.9. The molecule has 2 aliphatic heterocycles. The maximum atomic E-state index is 12.4. The molecular weight excluding hydrogens is 242 g/mol. The SMILES string of the molecule is Cc1ncnc2c1CCN(C(=O)[C@@H]1CCCO1)CC2. The van der Waals surface area contributed by atoms with E-state index in [9.17, 15) is 4.79 Å². The Bertz CT molecular complexity index is 484. The number of amides is 1. The molecule has 0 saturated carbocycles. The second-order valence-corrected chi connectivity index (χ2v) is 5.21. The second kappa shape index (κ2) is 5.25. The molecule has 5 heteroatoms. The van der Waals surface area contributed by atoms with Crippen LogP contribution in [0.4, 0.5) is 0 Å². The number of aromatic nitrogens is 2. The molecule has 0 spiro atoms. The van der Waals surface area contributed by atoms with Gasteiger partial charge in [-0.2, -0.15) is 0 Å². The van der Waals surface area contributed by atoms with E-state index in [1.165, 1.54) is 5.56 Å². The Labute approximate surface area is 113 Å². The van der Waals surface area contributed by atoms with Crippen molar-refractivity contribution in [3.63, 3.8) is 0 Å². The van der Waals surface area contributed by atoms with Crippen LogP contribution in [0.3, 0.4) is 0 Å². The number of ether oxygens (including phenoxy) is 1. The van der Waals surface area contributed by atoms with E-state index in [2.05, 4.69) is 9.97 Å². The highest BCUT2D eigenvalue weighted by Gasteiger charge is 2.29. The number of aryl methyl sites for hydroxylation is 1. The van der Waals surface area contributed by atoms with E-state index in [0.29, 0.717) is 0 Å². The van der Waals surface area contributed by atoms with Crippen LogP contribution in [0, 0.1) is 6.92 Å². The van der Waals surface area contributed by atoms with E-state index in [4.69, 9.17) is 4.74 Å². The van der Waals surface area contributed by atoms with E-state index in [1.54, 1.807) is 6.33 Å². The Morgan fingerprint density at radius 2 is 2.21 bits per heavy atom. The van der Waals surface area contributed by atoms with Crippen LogP contribution in [0.25, 0.3) is 0 Å². The van der Waals surface area contributed by atoms with Gasteiger partial charge in [0.15, 0.2) is 0 Å². The van der Waals surface area contributed by atoms with Gasteiger partial charge in [0.25, 0.3) is 5.91 Å². The third kappa shape index (κ3) is 2.47. The molecule has 3 rings (SSSR count). The van der Waals surface area contributed by atoms with Crippen LogP contribution < -0.4 is 0 Å². The van der Waals surface area contributed by atoms with Gasteiger partial charge in [0.1, 0.15) is 12.4 Å². The first-order valence-corrected chi connectivity index (χ1v) is 6.95. The van der Waals surface area contributed by atoms with E-state index >= 15 is 0 Å². The van der Waals surface area contributed by atoms with E-state index < -0.39 is 0 Å². The molecule has 19 heavy (non-hydrogen) atoms.